The van der Waals surface area contributed by atoms with Gasteiger partial charge in [-0.2, -0.15) is 12.7 Å². The SMILES string of the molecule is [N-]=[N+]=NCCCNS(=O)(=O)N1CCOCC1. The summed E-state index contributed by atoms with van der Waals surface area (Å²) >= 11 is 0. The Labute approximate surface area is 94.4 Å². The number of rotatable bonds is 6. The van der Waals surface area contributed by atoms with Gasteiger partial charge < -0.3 is 4.74 Å². The lowest BCUT2D eigenvalue weighted by Gasteiger charge is -2.25. The highest BCUT2D eigenvalue weighted by atomic mass is 32.2. The lowest BCUT2D eigenvalue weighted by molar-refractivity contribution is 0.0725. The quantitative estimate of drug-likeness (QED) is 0.306. The number of ether oxygens (including phenoxy) is 1. The zero-order chi connectivity index (χ0) is 11.9. The maximum Gasteiger partial charge on any atom is 0.279 e. The molecule has 0 spiro atoms. The molecule has 1 aliphatic heterocycles. The van der Waals surface area contributed by atoms with Crippen molar-refractivity contribution in [2.24, 2.45) is 5.11 Å². The Balaban J connectivity index is 2.30. The fourth-order valence-corrected chi connectivity index (χ4v) is 2.49. The molecule has 92 valence electrons. The van der Waals surface area contributed by atoms with Gasteiger partial charge in [0.25, 0.3) is 10.2 Å². The number of morpholine rings is 1. The molecular formula is C7H15N5O3S. The molecule has 9 heteroatoms. The van der Waals surface area contributed by atoms with Gasteiger partial charge in [0, 0.05) is 31.1 Å². The first-order chi connectivity index (χ1) is 7.67. The van der Waals surface area contributed by atoms with E-state index in [9.17, 15) is 8.42 Å². The van der Waals surface area contributed by atoms with E-state index in [2.05, 4.69) is 14.7 Å². The maximum absolute atomic E-state index is 11.7. The molecule has 0 amide bonds. The predicted molar refractivity (Wildman–Crippen MR) is 57.9 cm³/mol. The average molecular weight is 249 g/mol. The van der Waals surface area contributed by atoms with Crippen molar-refractivity contribution < 1.29 is 13.2 Å². The maximum atomic E-state index is 11.7. The highest BCUT2D eigenvalue weighted by Gasteiger charge is 2.23. The van der Waals surface area contributed by atoms with Crippen LogP contribution in [-0.2, 0) is 14.9 Å². The van der Waals surface area contributed by atoms with Gasteiger partial charge >= 0.3 is 0 Å². The van der Waals surface area contributed by atoms with Crippen LogP contribution in [-0.4, -0.2) is 52.1 Å². The Kier molecular flexibility index (Phi) is 5.50. The second-order valence-corrected chi connectivity index (χ2v) is 4.97. The first-order valence-corrected chi connectivity index (χ1v) is 6.44. The Bertz CT molecular complexity index is 345. The third-order valence-corrected chi connectivity index (χ3v) is 3.71. The van der Waals surface area contributed by atoms with Gasteiger partial charge in [-0.05, 0) is 12.0 Å². The summed E-state index contributed by atoms with van der Waals surface area (Å²) in [6.07, 6.45) is 0.494. The molecule has 1 rings (SSSR count). The van der Waals surface area contributed by atoms with Crippen LogP contribution in [0.5, 0.6) is 0 Å². The van der Waals surface area contributed by atoms with E-state index in [0.717, 1.165) is 0 Å². The molecule has 0 radical (unpaired) electrons. The molecule has 0 atom stereocenters. The van der Waals surface area contributed by atoms with Crippen LogP contribution in [0, 0.1) is 0 Å². The summed E-state index contributed by atoms with van der Waals surface area (Å²) in [4.78, 5) is 2.58. The van der Waals surface area contributed by atoms with Crippen molar-refractivity contribution in [3.63, 3.8) is 0 Å². The van der Waals surface area contributed by atoms with Crippen LogP contribution in [0.1, 0.15) is 6.42 Å². The fraction of sp³-hybridized carbons (Fsp3) is 1.00. The third kappa shape index (κ3) is 4.33. The molecule has 0 bridgehead atoms. The van der Waals surface area contributed by atoms with E-state index in [0.29, 0.717) is 39.3 Å². The molecule has 1 N–H and O–H groups in total. The molecule has 0 aromatic carbocycles. The minimum absolute atomic E-state index is 0.276. The van der Waals surface area contributed by atoms with Crippen LogP contribution >= 0.6 is 0 Å². The number of nitrogens with zero attached hydrogens (tertiary/aromatic N) is 4. The summed E-state index contributed by atoms with van der Waals surface area (Å²) in [5.74, 6) is 0. The fourth-order valence-electron chi connectivity index (χ4n) is 1.27. The molecule has 0 aliphatic carbocycles. The molecule has 16 heavy (non-hydrogen) atoms. The lowest BCUT2D eigenvalue weighted by Crippen LogP contribution is -2.46. The minimum atomic E-state index is -3.40. The Hall–Kier alpha value is -0.860. The Morgan fingerprint density at radius 3 is 2.75 bits per heavy atom. The monoisotopic (exact) mass is 249 g/mol. The van der Waals surface area contributed by atoms with E-state index >= 15 is 0 Å². The van der Waals surface area contributed by atoms with Crippen LogP contribution in [0.2, 0.25) is 0 Å². The molecule has 1 heterocycles. The van der Waals surface area contributed by atoms with Crippen molar-refractivity contribution in [2.45, 2.75) is 6.42 Å². The van der Waals surface area contributed by atoms with Gasteiger partial charge in [-0.1, -0.05) is 5.11 Å². The first-order valence-electron chi connectivity index (χ1n) is 5.00. The van der Waals surface area contributed by atoms with Crippen molar-refractivity contribution >= 4 is 10.2 Å². The standard InChI is InChI=1S/C7H15N5O3S/c8-11-9-2-1-3-10-16(13,14)12-4-6-15-7-5-12/h10H,1-7H2. The summed E-state index contributed by atoms with van der Waals surface area (Å²) in [7, 11) is -3.40. The lowest BCUT2D eigenvalue weighted by atomic mass is 10.4. The summed E-state index contributed by atoms with van der Waals surface area (Å²) in [5, 5.41) is 3.32. The van der Waals surface area contributed by atoms with Crippen molar-refractivity contribution in [3.8, 4) is 0 Å². The molecule has 0 aromatic heterocycles. The van der Waals surface area contributed by atoms with Crippen LogP contribution in [0.25, 0.3) is 10.4 Å². The molecule has 0 saturated carbocycles. The van der Waals surface area contributed by atoms with Gasteiger partial charge in [0.1, 0.15) is 0 Å². The molecule has 1 aliphatic rings. The second-order valence-electron chi connectivity index (χ2n) is 3.22. The number of hydrogen-bond acceptors (Lipinski definition) is 4. The van der Waals surface area contributed by atoms with Crippen LogP contribution < -0.4 is 4.72 Å². The number of hydrogen-bond donors (Lipinski definition) is 1. The van der Waals surface area contributed by atoms with Crippen molar-refractivity contribution in [1.29, 1.82) is 0 Å². The molecule has 1 fully saturated rings. The number of azide groups is 1. The molecule has 1 saturated heterocycles. The summed E-state index contributed by atoms with van der Waals surface area (Å²) in [6, 6.07) is 0. The summed E-state index contributed by atoms with van der Waals surface area (Å²) in [6.45, 7) is 2.19. The molecule has 0 aromatic rings. The van der Waals surface area contributed by atoms with Gasteiger partial charge in [-0.15, -0.1) is 0 Å². The van der Waals surface area contributed by atoms with E-state index < -0.39 is 10.2 Å². The van der Waals surface area contributed by atoms with Gasteiger partial charge in [-0.25, -0.2) is 4.72 Å². The number of nitrogens with one attached hydrogen (secondary N) is 1. The molecular weight excluding hydrogens is 234 g/mol. The summed E-state index contributed by atoms with van der Waals surface area (Å²) in [5.41, 5.74) is 8.03. The zero-order valence-electron chi connectivity index (χ0n) is 8.87. The third-order valence-electron chi connectivity index (χ3n) is 2.09. The Morgan fingerprint density at radius 1 is 1.44 bits per heavy atom. The van der Waals surface area contributed by atoms with E-state index in [1.807, 2.05) is 0 Å². The van der Waals surface area contributed by atoms with Gasteiger partial charge in [0.05, 0.1) is 13.2 Å². The summed E-state index contributed by atoms with van der Waals surface area (Å²) < 4.78 is 32.2. The van der Waals surface area contributed by atoms with Crippen LogP contribution in [0.15, 0.2) is 5.11 Å². The topological polar surface area (TPSA) is 107 Å². The van der Waals surface area contributed by atoms with Crippen LogP contribution in [0.4, 0.5) is 0 Å². The van der Waals surface area contributed by atoms with Gasteiger partial charge in [0.15, 0.2) is 0 Å². The van der Waals surface area contributed by atoms with E-state index in [-0.39, 0.29) is 6.54 Å². The highest BCUT2D eigenvalue weighted by Crippen LogP contribution is 2.02. The van der Waals surface area contributed by atoms with E-state index in [1.54, 1.807) is 0 Å². The normalized spacial score (nSPS) is 18.0. The largest absolute Gasteiger partial charge is 0.379 e. The second kappa shape index (κ2) is 6.66. The molecule has 8 nitrogen and oxygen atoms in total. The smallest absolute Gasteiger partial charge is 0.279 e. The average Bonchev–Trinajstić information content (AvgIpc) is 2.30. The molecule has 0 unspecified atom stereocenters. The predicted octanol–water partition coefficient (Wildman–Crippen LogP) is -0.147. The van der Waals surface area contributed by atoms with Gasteiger partial charge in [-0.3, -0.25) is 0 Å². The van der Waals surface area contributed by atoms with Crippen molar-refractivity contribution in [1.82, 2.24) is 9.03 Å². The van der Waals surface area contributed by atoms with E-state index in [4.69, 9.17) is 10.3 Å². The van der Waals surface area contributed by atoms with E-state index in [1.165, 1.54) is 4.31 Å². The first kappa shape index (κ1) is 13.2. The zero-order valence-corrected chi connectivity index (χ0v) is 9.69. The van der Waals surface area contributed by atoms with Crippen LogP contribution in [0.3, 0.4) is 0 Å². The van der Waals surface area contributed by atoms with Crippen molar-refractivity contribution in [2.75, 3.05) is 39.4 Å². The van der Waals surface area contributed by atoms with Gasteiger partial charge in [0.2, 0.25) is 0 Å². The minimum Gasteiger partial charge on any atom is -0.379 e. The van der Waals surface area contributed by atoms with Crippen molar-refractivity contribution in [3.05, 3.63) is 10.4 Å². The Morgan fingerprint density at radius 2 is 2.12 bits per heavy atom. The highest BCUT2D eigenvalue weighted by molar-refractivity contribution is 7.87.